The Morgan fingerprint density at radius 2 is 2.30 bits per heavy atom. The van der Waals surface area contributed by atoms with E-state index in [4.69, 9.17) is 4.74 Å². The van der Waals surface area contributed by atoms with E-state index in [0.717, 1.165) is 42.0 Å². The zero-order valence-corrected chi connectivity index (χ0v) is 13.3. The van der Waals surface area contributed by atoms with Gasteiger partial charge in [0.2, 0.25) is 0 Å². The van der Waals surface area contributed by atoms with Crippen LogP contribution in [0, 0.1) is 0 Å². The minimum atomic E-state index is -0.0459. The van der Waals surface area contributed by atoms with Gasteiger partial charge in [0.15, 0.2) is 0 Å². The first-order valence-electron chi connectivity index (χ1n) is 7.88. The number of benzene rings is 1. The number of hydrogen-bond acceptors (Lipinski definition) is 4. The fraction of sp³-hybridized carbons (Fsp3) is 0.412. The molecule has 0 bridgehead atoms. The van der Waals surface area contributed by atoms with Crippen LogP contribution in [0.3, 0.4) is 0 Å². The monoisotopic (exact) mass is 314 g/mol. The van der Waals surface area contributed by atoms with Crippen LogP contribution in [0.15, 0.2) is 30.3 Å². The highest BCUT2D eigenvalue weighted by Crippen LogP contribution is 2.25. The third-order valence-corrected chi connectivity index (χ3v) is 4.12. The van der Waals surface area contributed by atoms with Crippen LogP contribution < -0.4 is 10.6 Å². The van der Waals surface area contributed by atoms with E-state index < -0.39 is 0 Å². The van der Waals surface area contributed by atoms with Crippen LogP contribution in [-0.2, 0) is 17.9 Å². The molecular weight excluding hydrogens is 292 g/mol. The van der Waals surface area contributed by atoms with Gasteiger partial charge in [-0.2, -0.15) is 5.10 Å². The molecule has 1 saturated heterocycles. The van der Waals surface area contributed by atoms with E-state index in [1.807, 2.05) is 24.3 Å². The van der Waals surface area contributed by atoms with Gasteiger partial charge in [0.1, 0.15) is 0 Å². The summed E-state index contributed by atoms with van der Waals surface area (Å²) in [7, 11) is 1.63. The first kappa shape index (κ1) is 15.7. The standard InChI is InChI=1S/C17H22N4O2/c1-23-11-14-8-13(20-21-14)10-19-17(22)16-5-3-2-4-15(16)12-6-7-18-9-12/h2-5,8,12,18H,6-7,9-11H2,1H3,(H,19,22)(H,20,21). The number of nitrogens with one attached hydrogen (secondary N) is 3. The van der Waals surface area contributed by atoms with Crippen molar-refractivity contribution in [1.29, 1.82) is 0 Å². The van der Waals surface area contributed by atoms with Crippen molar-refractivity contribution in [3.63, 3.8) is 0 Å². The minimum Gasteiger partial charge on any atom is -0.378 e. The molecule has 1 aromatic carbocycles. The number of H-pyrrole nitrogens is 1. The average Bonchev–Trinajstić information content (AvgIpc) is 3.25. The van der Waals surface area contributed by atoms with Crippen LogP contribution in [-0.4, -0.2) is 36.3 Å². The quantitative estimate of drug-likeness (QED) is 0.756. The number of aromatic amines is 1. The van der Waals surface area contributed by atoms with E-state index in [2.05, 4.69) is 26.9 Å². The van der Waals surface area contributed by atoms with Crippen molar-refractivity contribution >= 4 is 5.91 Å². The molecule has 0 saturated carbocycles. The lowest BCUT2D eigenvalue weighted by atomic mass is 9.93. The number of hydrogen-bond donors (Lipinski definition) is 3. The topological polar surface area (TPSA) is 79.0 Å². The molecule has 2 heterocycles. The number of nitrogens with zero attached hydrogens (tertiary/aromatic N) is 1. The van der Waals surface area contributed by atoms with Gasteiger partial charge in [-0.15, -0.1) is 0 Å². The van der Waals surface area contributed by atoms with Gasteiger partial charge in [-0.1, -0.05) is 18.2 Å². The number of rotatable bonds is 6. The fourth-order valence-electron chi connectivity index (χ4n) is 2.97. The van der Waals surface area contributed by atoms with E-state index in [1.165, 1.54) is 0 Å². The van der Waals surface area contributed by atoms with Crippen LogP contribution in [0.2, 0.25) is 0 Å². The van der Waals surface area contributed by atoms with Gasteiger partial charge in [-0.25, -0.2) is 0 Å². The van der Waals surface area contributed by atoms with Crippen molar-refractivity contribution in [3.8, 4) is 0 Å². The van der Waals surface area contributed by atoms with Gasteiger partial charge in [0, 0.05) is 19.2 Å². The lowest BCUT2D eigenvalue weighted by Gasteiger charge is -2.14. The lowest BCUT2D eigenvalue weighted by Crippen LogP contribution is -2.25. The molecule has 1 unspecified atom stereocenters. The van der Waals surface area contributed by atoms with E-state index in [-0.39, 0.29) is 5.91 Å². The number of amides is 1. The highest BCUT2D eigenvalue weighted by molar-refractivity contribution is 5.95. The molecule has 1 atom stereocenters. The molecule has 2 aromatic rings. The maximum absolute atomic E-state index is 12.5. The molecule has 1 aliphatic rings. The van der Waals surface area contributed by atoms with Crippen molar-refractivity contribution in [1.82, 2.24) is 20.8 Å². The van der Waals surface area contributed by atoms with Crippen LogP contribution in [0.4, 0.5) is 0 Å². The second kappa shape index (κ2) is 7.39. The summed E-state index contributed by atoms with van der Waals surface area (Å²) in [6, 6.07) is 9.76. The van der Waals surface area contributed by atoms with Gasteiger partial charge in [-0.3, -0.25) is 9.89 Å². The van der Waals surface area contributed by atoms with E-state index in [0.29, 0.717) is 19.1 Å². The predicted molar refractivity (Wildman–Crippen MR) is 87.1 cm³/mol. The summed E-state index contributed by atoms with van der Waals surface area (Å²) in [6.45, 7) is 2.83. The van der Waals surface area contributed by atoms with Gasteiger partial charge < -0.3 is 15.4 Å². The molecule has 122 valence electrons. The minimum absolute atomic E-state index is 0.0459. The number of carbonyl (C=O) groups is 1. The van der Waals surface area contributed by atoms with Crippen LogP contribution in [0.25, 0.3) is 0 Å². The van der Waals surface area contributed by atoms with E-state index >= 15 is 0 Å². The molecule has 0 radical (unpaired) electrons. The Kier molecular flexibility index (Phi) is 5.05. The fourth-order valence-corrected chi connectivity index (χ4v) is 2.97. The zero-order chi connectivity index (χ0) is 16.1. The Balaban J connectivity index is 1.65. The Labute approximate surface area is 135 Å². The average molecular weight is 314 g/mol. The predicted octanol–water partition coefficient (Wildman–Crippen LogP) is 1.56. The largest absolute Gasteiger partial charge is 0.378 e. The smallest absolute Gasteiger partial charge is 0.251 e. The second-order valence-corrected chi connectivity index (χ2v) is 5.78. The Hall–Kier alpha value is -2.18. The lowest BCUT2D eigenvalue weighted by molar-refractivity contribution is 0.0949. The first-order chi connectivity index (χ1) is 11.3. The summed E-state index contributed by atoms with van der Waals surface area (Å²) in [4.78, 5) is 12.5. The molecule has 3 N–H and O–H groups in total. The number of ether oxygens (including phenoxy) is 1. The van der Waals surface area contributed by atoms with Gasteiger partial charge in [-0.05, 0) is 36.6 Å². The number of methoxy groups -OCH3 is 1. The zero-order valence-electron chi connectivity index (χ0n) is 13.3. The third kappa shape index (κ3) is 3.78. The highest BCUT2D eigenvalue weighted by Gasteiger charge is 2.21. The van der Waals surface area contributed by atoms with Crippen molar-refractivity contribution < 1.29 is 9.53 Å². The van der Waals surface area contributed by atoms with Crippen molar-refractivity contribution in [2.24, 2.45) is 0 Å². The summed E-state index contributed by atoms with van der Waals surface area (Å²) in [6.07, 6.45) is 1.07. The summed E-state index contributed by atoms with van der Waals surface area (Å²) >= 11 is 0. The molecule has 6 nitrogen and oxygen atoms in total. The van der Waals surface area contributed by atoms with Crippen LogP contribution in [0.5, 0.6) is 0 Å². The Bertz CT molecular complexity index is 662. The summed E-state index contributed by atoms with van der Waals surface area (Å²) in [5.41, 5.74) is 3.58. The molecule has 23 heavy (non-hydrogen) atoms. The Morgan fingerprint density at radius 3 is 3.09 bits per heavy atom. The molecule has 3 rings (SSSR count). The normalized spacial score (nSPS) is 17.3. The van der Waals surface area contributed by atoms with Crippen molar-refractivity contribution in [2.75, 3.05) is 20.2 Å². The van der Waals surface area contributed by atoms with Gasteiger partial charge in [0.05, 0.1) is 24.5 Å². The first-order valence-corrected chi connectivity index (χ1v) is 7.88. The van der Waals surface area contributed by atoms with Crippen LogP contribution >= 0.6 is 0 Å². The molecule has 1 fully saturated rings. The summed E-state index contributed by atoms with van der Waals surface area (Å²) in [5, 5.41) is 13.4. The summed E-state index contributed by atoms with van der Waals surface area (Å²) in [5.74, 6) is 0.368. The summed E-state index contributed by atoms with van der Waals surface area (Å²) < 4.78 is 5.03. The molecule has 6 heteroatoms. The van der Waals surface area contributed by atoms with E-state index in [9.17, 15) is 4.79 Å². The maximum Gasteiger partial charge on any atom is 0.251 e. The van der Waals surface area contributed by atoms with Gasteiger partial charge >= 0.3 is 0 Å². The molecule has 1 aromatic heterocycles. The molecule has 0 aliphatic carbocycles. The molecule has 0 spiro atoms. The second-order valence-electron chi connectivity index (χ2n) is 5.78. The number of aromatic nitrogens is 2. The van der Waals surface area contributed by atoms with E-state index in [1.54, 1.807) is 7.11 Å². The third-order valence-electron chi connectivity index (χ3n) is 4.12. The van der Waals surface area contributed by atoms with Crippen molar-refractivity contribution in [2.45, 2.75) is 25.5 Å². The number of carbonyl (C=O) groups excluding carboxylic acids is 1. The van der Waals surface area contributed by atoms with Crippen LogP contribution in [0.1, 0.15) is 39.6 Å². The van der Waals surface area contributed by atoms with Crippen molar-refractivity contribution in [3.05, 3.63) is 52.8 Å². The highest BCUT2D eigenvalue weighted by atomic mass is 16.5. The molecular formula is C17H22N4O2. The maximum atomic E-state index is 12.5. The molecule has 1 aliphatic heterocycles. The SMILES string of the molecule is COCc1cc(CNC(=O)c2ccccc2C2CCNC2)[nH]n1. The molecule has 1 amide bonds. The van der Waals surface area contributed by atoms with Gasteiger partial charge in [0.25, 0.3) is 5.91 Å². The Morgan fingerprint density at radius 1 is 1.43 bits per heavy atom.